The van der Waals surface area contributed by atoms with Crippen LogP contribution in [0.3, 0.4) is 0 Å². The van der Waals surface area contributed by atoms with Gasteiger partial charge in [0, 0.05) is 24.3 Å². The lowest BCUT2D eigenvalue weighted by Gasteiger charge is -2.32. The molecular weight excluding hydrogens is 442 g/mol. The van der Waals surface area contributed by atoms with Gasteiger partial charge in [-0.2, -0.15) is 4.48 Å². The van der Waals surface area contributed by atoms with Gasteiger partial charge in [-0.3, -0.25) is 4.79 Å². The van der Waals surface area contributed by atoms with Crippen LogP contribution in [0.1, 0.15) is 37.8 Å². The lowest BCUT2D eigenvalue weighted by molar-refractivity contribution is -0.147. The number of rotatable bonds is 7. The first-order valence-corrected chi connectivity index (χ1v) is 10.8. The first-order chi connectivity index (χ1) is 15.9. The number of halogens is 2. The monoisotopic (exact) mass is 469 g/mol. The van der Waals surface area contributed by atoms with Gasteiger partial charge in [0.25, 0.3) is 0 Å². The highest BCUT2D eigenvalue weighted by molar-refractivity contribution is 6.25. The minimum Gasteiger partial charge on any atom is -0.506 e. The zero-order valence-corrected chi connectivity index (χ0v) is 19.2. The number of aryl methyl sites for hydroxylation is 1. The second-order valence-electron chi connectivity index (χ2n) is 9.12. The van der Waals surface area contributed by atoms with E-state index in [1.54, 1.807) is 26.0 Å². The molecule has 0 bridgehead atoms. The van der Waals surface area contributed by atoms with Crippen LogP contribution in [-0.2, 0) is 16.0 Å². The first-order valence-electron chi connectivity index (χ1n) is 10.8. The molecule has 8 heteroatoms. The number of likely N-dealkylation sites (N-methyl/N-ethyl adjacent to an activating group) is 1. The number of amides is 1. The molecule has 1 atom stereocenters. The standard InChI is InChI=1S/C26H26F2N2O4/c1-26(2,25(33)34)14-4-5-16-6-9-18(10-7-16)30(3)22(31)13-12-20(24(30)29)23(32)19-11-8-17(27)15-21(19)28/h6-13,15H,4-5,14H2,1-3H3,(H2-,29,31,32,33,34)/p+1. The normalized spacial score (nSPS) is 19.9. The smallest absolute Gasteiger partial charge is 0.349 e. The van der Waals surface area contributed by atoms with Gasteiger partial charge >= 0.3 is 11.9 Å². The van der Waals surface area contributed by atoms with E-state index < -0.39 is 39.2 Å². The minimum atomic E-state index is -0.979. The summed E-state index contributed by atoms with van der Waals surface area (Å²) < 4.78 is 26.9. The summed E-state index contributed by atoms with van der Waals surface area (Å²) in [6.07, 6.45) is 4.31. The molecule has 34 heavy (non-hydrogen) atoms. The Labute approximate surface area is 196 Å². The highest BCUT2D eigenvalue weighted by atomic mass is 19.1. The van der Waals surface area contributed by atoms with Crippen molar-refractivity contribution in [1.29, 1.82) is 5.41 Å². The Morgan fingerprint density at radius 2 is 1.71 bits per heavy atom. The van der Waals surface area contributed by atoms with Crippen molar-refractivity contribution in [3.05, 3.63) is 83.0 Å². The summed E-state index contributed by atoms with van der Waals surface area (Å²) in [6.45, 7) is 3.37. The predicted molar refractivity (Wildman–Crippen MR) is 126 cm³/mol. The summed E-state index contributed by atoms with van der Waals surface area (Å²) in [5, 5.41) is 28.6. The van der Waals surface area contributed by atoms with Crippen molar-refractivity contribution >= 4 is 29.2 Å². The zero-order chi connectivity index (χ0) is 25.3. The van der Waals surface area contributed by atoms with Gasteiger partial charge in [-0.05, 0) is 56.9 Å². The molecule has 1 aliphatic rings. The molecule has 0 aliphatic carbocycles. The average molecular weight is 470 g/mol. The fraction of sp³-hybridized carbons (Fsp3) is 0.269. The number of amidine groups is 1. The van der Waals surface area contributed by atoms with Crippen LogP contribution in [-0.4, -0.2) is 35.0 Å². The van der Waals surface area contributed by atoms with Crippen LogP contribution in [0, 0.1) is 22.5 Å². The van der Waals surface area contributed by atoms with E-state index in [1.807, 2.05) is 12.1 Å². The Hall–Kier alpha value is -3.65. The Balaban J connectivity index is 1.87. The number of aliphatic hydroxyl groups excluding tert-OH is 1. The second-order valence-corrected chi connectivity index (χ2v) is 9.12. The molecule has 1 amide bonds. The van der Waals surface area contributed by atoms with Gasteiger partial charge in [-0.25, -0.2) is 19.0 Å². The van der Waals surface area contributed by atoms with Crippen LogP contribution in [0.25, 0.3) is 5.76 Å². The quantitative estimate of drug-likeness (QED) is 0.375. The van der Waals surface area contributed by atoms with Crippen LogP contribution in [0.15, 0.2) is 60.2 Å². The number of nitrogens with zero attached hydrogens (tertiary/aromatic N) is 1. The molecule has 178 valence electrons. The van der Waals surface area contributed by atoms with Crippen molar-refractivity contribution < 1.29 is 28.6 Å². The topological polar surface area (TPSA) is 98.5 Å². The predicted octanol–water partition coefficient (Wildman–Crippen LogP) is 5.38. The summed E-state index contributed by atoms with van der Waals surface area (Å²) >= 11 is 0. The number of quaternary nitrogens is 1. The third-order valence-corrected chi connectivity index (χ3v) is 6.28. The highest BCUT2D eigenvalue weighted by Crippen LogP contribution is 2.32. The zero-order valence-electron chi connectivity index (χ0n) is 19.2. The van der Waals surface area contributed by atoms with Gasteiger partial charge in [0.15, 0.2) is 0 Å². The molecule has 1 unspecified atom stereocenters. The van der Waals surface area contributed by atoms with Crippen LogP contribution in [0.5, 0.6) is 0 Å². The number of carbonyl (C=O) groups is 2. The SMILES string of the molecule is CC(C)(CCCc1ccc([N+]2(C)C(=N)C(=C(O)c3ccc(F)cc3F)C=CC2=O)cc1)C(=O)O. The molecule has 0 aromatic heterocycles. The van der Waals surface area contributed by atoms with E-state index in [4.69, 9.17) is 5.41 Å². The summed E-state index contributed by atoms with van der Waals surface area (Å²) in [6, 6.07) is 9.75. The number of carbonyl (C=O) groups excluding carboxylic acids is 1. The molecule has 1 aliphatic heterocycles. The van der Waals surface area contributed by atoms with Crippen molar-refractivity contribution in [2.75, 3.05) is 7.05 Å². The van der Waals surface area contributed by atoms with E-state index in [0.717, 1.165) is 17.7 Å². The van der Waals surface area contributed by atoms with Crippen molar-refractivity contribution in [3.8, 4) is 0 Å². The number of carboxylic acid groups (broad SMARTS) is 1. The molecule has 1 heterocycles. The van der Waals surface area contributed by atoms with Gasteiger partial charge in [-0.1, -0.05) is 12.1 Å². The summed E-state index contributed by atoms with van der Waals surface area (Å²) in [5.74, 6) is -3.86. The molecular formula is C26H27F2N2O4+. The minimum absolute atomic E-state index is 0.0485. The Morgan fingerprint density at radius 3 is 2.29 bits per heavy atom. The van der Waals surface area contributed by atoms with E-state index in [2.05, 4.69) is 0 Å². The van der Waals surface area contributed by atoms with Crippen molar-refractivity contribution in [2.24, 2.45) is 5.41 Å². The molecule has 0 saturated heterocycles. The number of aliphatic carboxylic acids is 1. The lowest BCUT2D eigenvalue weighted by atomic mass is 9.87. The van der Waals surface area contributed by atoms with Gasteiger partial charge in [0.05, 0.1) is 23.6 Å². The van der Waals surface area contributed by atoms with Crippen LogP contribution in [0.4, 0.5) is 14.5 Å². The molecule has 6 nitrogen and oxygen atoms in total. The third-order valence-electron chi connectivity index (χ3n) is 6.28. The fourth-order valence-corrected chi connectivity index (χ4v) is 3.81. The average Bonchev–Trinajstić information content (AvgIpc) is 2.77. The van der Waals surface area contributed by atoms with Crippen molar-refractivity contribution in [2.45, 2.75) is 33.1 Å². The Kier molecular flexibility index (Phi) is 6.84. The molecule has 2 aromatic rings. The number of hydrogen-bond acceptors (Lipinski definition) is 4. The van der Waals surface area contributed by atoms with E-state index in [-0.39, 0.29) is 17.0 Å². The van der Waals surface area contributed by atoms with Crippen LogP contribution >= 0.6 is 0 Å². The van der Waals surface area contributed by atoms with Crippen LogP contribution in [0.2, 0.25) is 0 Å². The second kappa shape index (κ2) is 9.30. The highest BCUT2D eigenvalue weighted by Gasteiger charge is 2.44. The first kappa shape index (κ1) is 25.0. The summed E-state index contributed by atoms with van der Waals surface area (Å²) in [4.78, 5) is 24.1. The molecule has 0 saturated carbocycles. The maximum absolute atomic E-state index is 14.2. The molecule has 0 radical (unpaired) electrons. The van der Waals surface area contributed by atoms with Crippen LogP contribution < -0.4 is 4.48 Å². The lowest BCUT2D eigenvalue weighted by Crippen LogP contribution is -2.56. The summed E-state index contributed by atoms with van der Waals surface area (Å²) in [7, 11) is 1.51. The van der Waals surface area contributed by atoms with Gasteiger partial charge in [-0.15, -0.1) is 0 Å². The molecule has 2 aromatic carbocycles. The maximum atomic E-state index is 14.2. The fourth-order valence-electron chi connectivity index (χ4n) is 3.81. The Morgan fingerprint density at radius 1 is 1.06 bits per heavy atom. The van der Waals surface area contributed by atoms with E-state index >= 15 is 0 Å². The molecule has 3 rings (SSSR count). The molecule has 0 fully saturated rings. The van der Waals surface area contributed by atoms with E-state index in [0.29, 0.717) is 31.0 Å². The molecule has 0 spiro atoms. The maximum Gasteiger partial charge on any atom is 0.349 e. The largest absolute Gasteiger partial charge is 0.506 e. The van der Waals surface area contributed by atoms with Gasteiger partial charge < -0.3 is 10.2 Å². The number of nitrogens with one attached hydrogen (secondary N) is 1. The molecule has 3 N–H and O–H groups in total. The van der Waals surface area contributed by atoms with Gasteiger partial charge in [0.1, 0.15) is 23.1 Å². The third kappa shape index (κ3) is 4.68. The Bertz CT molecular complexity index is 1220. The number of hydrogen-bond donors (Lipinski definition) is 3. The van der Waals surface area contributed by atoms with Gasteiger partial charge in [0.2, 0.25) is 5.84 Å². The number of aliphatic hydroxyl groups is 1. The van der Waals surface area contributed by atoms with Crippen molar-refractivity contribution in [3.63, 3.8) is 0 Å². The van der Waals surface area contributed by atoms with E-state index in [9.17, 15) is 28.6 Å². The number of benzene rings is 2. The summed E-state index contributed by atoms with van der Waals surface area (Å²) in [5.41, 5.74) is 0.294. The number of carboxylic acids is 1. The van der Waals surface area contributed by atoms with E-state index in [1.165, 1.54) is 19.2 Å². The van der Waals surface area contributed by atoms with Crippen molar-refractivity contribution in [1.82, 2.24) is 4.48 Å².